The summed E-state index contributed by atoms with van der Waals surface area (Å²) >= 11 is 7.39. The summed E-state index contributed by atoms with van der Waals surface area (Å²) in [6.07, 6.45) is 0. The number of hydrogen-bond donors (Lipinski definition) is 0. The quantitative estimate of drug-likeness (QED) is 0.488. The molecule has 26 heavy (non-hydrogen) atoms. The van der Waals surface area contributed by atoms with Crippen molar-refractivity contribution in [3.63, 3.8) is 0 Å². The Morgan fingerprint density at radius 2 is 1.73 bits per heavy atom. The van der Waals surface area contributed by atoms with E-state index in [1.165, 1.54) is 11.3 Å². The third-order valence-electron chi connectivity index (χ3n) is 3.64. The summed E-state index contributed by atoms with van der Waals surface area (Å²) in [6, 6.07) is 15.0. The maximum absolute atomic E-state index is 5.95. The van der Waals surface area contributed by atoms with Gasteiger partial charge in [-0.3, -0.25) is 0 Å². The summed E-state index contributed by atoms with van der Waals surface area (Å²) in [4.78, 5) is 0.714. The molecule has 2 aromatic heterocycles. The Balaban J connectivity index is 1.56. The first kappa shape index (κ1) is 16.8. The standard InChI is InChI=1S/C18H15ClN4O2S/c1-2-24-14-5-3-4-6-15(14)25-11-16-22-23-17(20-21-18(23)26-16)12-7-9-13(19)10-8-12/h3-10H,2,11H2,1H3. The van der Waals surface area contributed by atoms with E-state index in [1.54, 1.807) is 4.52 Å². The van der Waals surface area contributed by atoms with Gasteiger partial charge in [0, 0.05) is 10.6 Å². The van der Waals surface area contributed by atoms with E-state index >= 15 is 0 Å². The second-order valence-electron chi connectivity index (χ2n) is 5.39. The van der Waals surface area contributed by atoms with Gasteiger partial charge in [0.2, 0.25) is 4.96 Å². The molecule has 4 aromatic rings. The highest BCUT2D eigenvalue weighted by molar-refractivity contribution is 7.16. The predicted octanol–water partition coefficient (Wildman–Crippen LogP) is 4.48. The van der Waals surface area contributed by atoms with Gasteiger partial charge in [0.15, 0.2) is 22.3 Å². The van der Waals surface area contributed by atoms with Crippen LogP contribution in [0.25, 0.3) is 16.3 Å². The second kappa shape index (κ2) is 7.31. The van der Waals surface area contributed by atoms with Crippen molar-refractivity contribution in [1.82, 2.24) is 19.8 Å². The first-order chi connectivity index (χ1) is 12.7. The molecular formula is C18H15ClN4O2S. The van der Waals surface area contributed by atoms with Crippen molar-refractivity contribution >= 4 is 27.9 Å². The van der Waals surface area contributed by atoms with Crippen LogP contribution >= 0.6 is 22.9 Å². The van der Waals surface area contributed by atoms with Crippen LogP contribution in [0.1, 0.15) is 11.9 Å². The molecule has 0 saturated heterocycles. The number of nitrogens with zero attached hydrogens (tertiary/aromatic N) is 4. The Hall–Kier alpha value is -2.64. The van der Waals surface area contributed by atoms with Crippen LogP contribution in [0.15, 0.2) is 48.5 Å². The largest absolute Gasteiger partial charge is 0.490 e. The lowest BCUT2D eigenvalue weighted by Gasteiger charge is -2.10. The molecule has 0 radical (unpaired) electrons. The monoisotopic (exact) mass is 386 g/mol. The molecule has 0 bridgehead atoms. The SMILES string of the molecule is CCOc1ccccc1OCc1nn2c(-c3ccc(Cl)cc3)nnc2s1. The minimum absolute atomic E-state index is 0.332. The van der Waals surface area contributed by atoms with Gasteiger partial charge in [-0.2, -0.15) is 9.61 Å². The summed E-state index contributed by atoms with van der Waals surface area (Å²) in [5, 5.41) is 14.5. The molecular weight excluding hydrogens is 372 g/mol. The van der Waals surface area contributed by atoms with Crippen molar-refractivity contribution in [3.05, 3.63) is 58.6 Å². The number of fused-ring (bicyclic) bond motifs is 1. The van der Waals surface area contributed by atoms with Crippen molar-refractivity contribution in [2.45, 2.75) is 13.5 Å². The molecule has 0 N–H and O–H groups in total. The minimum Gasteiger partial charge on any atom is -0.490 e. The Kier molecular flexibility index (Phi) is 4.73. The number of aromatic nitrogens is 4. The average Bonchev–Trinajstić information content (AvgIpc) is 3.22. The van der Waals surface area contributed by atoms with Gasteiger partial charge < -0.3 is 9.47 Å². The van der Waals surface area contributed by atoms with Gasteiger partial charge in [-0.25, -0.2) is 0 Å². The highest BCUT2D eigenvalue weighted by atomic mass is 35.5. The van der Waals surface area contributed by atoms with Crippen molar-refractivity contribution < 1.29 is 9.47 Å². The second-order valence-corrected chi connectivity index (χ2v) is 6.87. The molecule has 2 heterocycles. The van der Waals surface area contributed by atoms with Gasteiger partial charge in [0.1, 0.15) is 6.61 Å². The smallest absolute Gasteiger partial charge is 0.235 e. The van der Waals surface area contributed by atoms with Crippen LogP contribution < -0.4 is 9.47 Å². The van der Waals surface area contributed by atoms with Crippen LogP contribution in [-0.4, -0.2) is 26.4 Å². The van der Waals surface area contributed by atoms with Gasteiger partial charge in [0.05, 0.1) is 6.61 Å². The number of hydrogen-bond acceptors (Lipinski definition) is 6. The van der Waals surface area contributed by atoms with Gasteiger partial charge >= 0.3 is 0 Å². The zero-order chi connectivity index (χ0) is 17.9. The number of para-hydroxylation sites is 2. The third kappa shape index (κ3) is 3.36. The molecule has 0 aliphatic heterocycles. The molecule has 0 fully saturated rings. The van der Waals surface area contributed by atoms with Crippen LogP contribution in [0.2, 0.25) is 5.02 Å². The fourth-order valence-electron chi connectivity index (χ4n) is 2.48. The Bertz CT molecular complexity index is 1030. The van der Waals surface area contributed by atoms with E-state index < -0.39 is 0 Å². The minimum atomic E-state index is 0.332. The molecule has 0 aliphatic carbocycles. The molecule has 4 rings (SSSR count). The molecule has 132 valence electrons. The summed E-state index contributed by atoms with van der Waals surface area (Å²) in [6.45, 7) is 2.86. The molecule has 0 aliphatic rings. The average molecular weight is 387 g/mol. The molecule has 0 saturated carbocycles. The first-order valence-corrected chi connectivity index (χ1v) is 9.25. The molecule has 0 spiro atoms. The van der Waals surface area contributed by atoms with Crippen LogP contribution in [0.4, 0.5) is 0 Å². The van der Waals surface area contributed by atoms with E-state index in [0.717, 1.165) is 16.3 Å². The highest BCUT2D eigenvalue weighted by Crippen LogP contribution is 2.28. The number of ether oxygens (including phenoxy) is 2. The fraction of sp³-hybridized carbons (Fsp3) is 0.167. The van der Waals surface area contributed by atoms with Gasteiger partial charge in [0.25, 0.3) is 0 Å². The van der Waals surface area contributed by atoms with Crippen molar-refractivity contribution in [2.75, 3.05) is 6.61 Å². The third-order valence-corrected chi connectivity index (χ3v) is 4.76. The Morgan fingerprint density at radius 1 is 1.00 bits per heavy atom. The lowest BCUT2D eigenvalue weighted by molar-refractivity contribution is 0.268. The molecule has 2 aromatic carbocycles. The van der Waals surface area contributed by atoms with Crippen molar-refractivity contribution in [1.29, 1.82) is 0 Å². The molecule has 8 heteroatoms. The van der Waals surface area contributed by atoms with E-state index in [0.29, 0.717) is 34.8 Å². The normalized spacial score (nSPS) is 11.0. The maximum Gasteiger partial charge on any atom is 0.235 e. The highest BCUT2D eigenvalue weighted by Gasteiger charge is 2.14. The van der Waals surface area contributed by atoms with Crippen molar-refractivity contribution in [3.8, 4) is 22.9 Å². The summed E-state index contributed by atoms with van der Waals surface area (Å²) in [5.74, 6) is 2.09. The molecule has 0 atom stereocenters. The summed E-state index contributed by atoms with van der Waals surface area (Å²) < 4.78 is 13.2. The van der Waals surface area contributed by atoms with Gasteiger partial charge in [-0.1, -0.05) is 35.1 Å². The Morgan fingerprint density at radius 3 is 2.46 bits per heavy atom. The maximum atomic E-state index is 5.95. The van der Waals surface area contributed by atoms with E-state index in [4.69, 9.17) is 21.1 Å². The Labute approximate surface area is 159 Å². The van der Waals surface area contributed by atoms with Crippen LogP contribution in [0.5, 0.6) is 11.5 Å². The van der Waals surface area contributed by atoms with E-state index in [-0.39, 0.29) is 0 Å². The first-order valence-electron chi connectivity index (χ1n) is 8.06. The lowest BCUT2D eigenvalue weighted by Crippen LogP contribution is -2.00. The van der Waals surface area contributed by atoms with E-state index in [1.807, 2.05) is 55.5 Å². The molecule has 6 nitrogen and oxygen atoms in total. The van der Waals surface area contributed by atoms with E-state index in [9.17, 15) is 0 Å². The summed E-state index contributed by atoms with van der Waals surface area (Å²) in [5.41, 5.74) is 0.904. The lowest BCUT2D eigenvalue weighted by atomic mass is 10.2. The molecule has 0 amide bonds. The van der Waals surface area contributed by atoms with Crippen LogP contribution in [0, 0.1) is 0 Å². The van der Waals surface area contributed by atoms with E-state index in [2.05, 4.69) is 15.3 Å². The van der Waals surface area contributed by atoms with Gasteiger partial charge in [-0.05, 0) is 43.3 Å². The number of rotatable bonds is 6. The zero-order valence-electron chi connectivity index (χ0n) is 13.9. The number of benzene rings is 2. The molecule has 0 unspecified atom stereocenters. The zero-order valence-corrected chi connectivity index (χ0v) is 15.5. The van der Waals surface area contributed by atoms with Crippen LogP contribution in [-0.2, 0) is 6.61 Å². The van der Waals surface area contributed by atoms with Gasteiger partial charge in [-0.15, -0.1) is 10.2 Å². The van der Waals surface area contributed by atoms with Crippen LogP contribution in [0.3, 0.4) is 0 Å². The predicted molar refractivity (Wildman–Crippen MR) is 101 cm³/mol. The summed E-state index contributed by atoms with van der Waals surface area (Å²) in [7, 11) is 0. The topological polar surface area (TPSA) is 61.5 Å². The number of halogens is 1. The fourth-order valence-corrected chi connectivity index (χ4v) is 3.35. The van der Waals surface area contributed by atoms with Crippen molar-refractivity contribution in [2.24, 2.45) is 0 Å².